The van der Waals surface area contributed by atoms with Gasteiger partial charge in [0.25, 0.3) is 0 Å². The molecule has 18 heavy (non-hydrogen) atoms. The number of ether oxygens (including phenoxy) is 1. The Labute approximate surface area is 107 Å². The van der Waals surface area contributed by atoms with E-state index in [0.717, 1.165) is 30.0 Å². The second kappa shape index (κ2) is 6.12. The Hall–Kier alpha value is -1.94. The number of para-hydroxylation sites is 1. The van der Waals surface area contributed by atoms with E-state index in [0.29, 0.717) is 5.88 Å². The van der Waals surface area contributed by atoms with Gasteiger partial charge in [0.05, 0.1) is 0 Å². The van der Waals surface area contributed by atoms with E-state index in [-0.39, 0.29) is 0 Å². The first-order chi connectivity index (χ1) is 8.83. The van der Waals surface area contributed by atoms with Gasteiger partial charge >= 0.3 is 0 Å². The fraction of sp³-hybridized carbons (Fsp3) is 0.286. The molecule has 0 saturated heterocycles. The van der Waals surface area contributed by atoms with E-state index in [4.69, 9.17) is 4.74 Å². The predicted molar refractivity (Wildman–Crippen MR) is 70.7 cm³/mol. The minimum Gasteiger partial charge on any atom is -0.439 e. The number of aryl methyl sites for hydroxylation is 1. The summed E-state index contributed by atoms with van der Waals surface area (Å²) in [6.07, 6.45) is 2.41. The Morgan fingerprint density at radius 2 is 2.06 bits per heavy atom. The van der Waals surface area contributed by atoms with E-state index in [2.05, 4.69) is 22.2 Å². The Morgan fingerprint density at radius 3 is 2.83 bits per heavy atom. The molecule has 2 aromatic rings. The third kappa shape index (κ3) is 3.05. The van der Waals surface area contributed by atoms with E-state index >= 15 is 0 Å². The third-order valence-electron chi connectivity index (χ3n) is 2.62. The average Bonchev–Trinajstić information content (AvgIpc) is 2.41. The van der Waals surface area contributed by atoms with Crippen LogP contribution in [0.5, 0.6) is 11.6 Å². The molecular weight excluding hydrogens is 226 g/mol. The lowest BCUT2D eigenvalue weighted by Gasteiger charge is -2.10. The van der Waals surface area contributed by atoms with Crippen molar-refractivity contribution in [1.82, 2.24) is 15.3 Å². The van der Waals surface area contributed by atoms with Gasteiger partial charge in [-0.15, -0.1) is 0 Å². The third-order valence-corrected chi connectivity index (χ3v) is 2.62. The Bertz CT molecular complexity index is 514. The zero-order valence-corrected chi connectivity index (χ0v) is 10.7. The maximum absolute atomic E-state index is 5.81. The molecule has 94 valence electrons. The smallest absolute Gasteiger partial charge is 0.222 e. The van der Waals surface area contributed by atoms with Crippen LogP contribution in [0.15, 0.2) is 36.7 Å². The van der Waals surface area contributed by atoms with Crippen molar-refractivity contribution in [2.24, 2.45) is 0 Å². The summed E-state index contributed by atoms with van der Waals surface area (Å²) in [6.45, 7) is 2.82. The summed E-state index contributed by atoms with van der Waals surface area (Å²) in [4.78, 5) is 8.28. The van der Waals surface area contributed by atoms with Crippen LogP contribution in [0.25, 0.3) is 0 Å². The molecule has 0 spiro atoms. The number of hydrogen-bond donors (Lipinski definition) is 1. The molecule has 0 saturated carbocycles. The maximum atomic E-state index is 5.81. The zero-order valence-electron chi connectivity index (χ0n) is 10.7. The van der Waals surface area contributed by atoms with Gasteiger partial charge in [0.1, 0.15) is 12.1 Å². The minimum atomic E-state index is 0.588. The highest BCUT2D eigenvalue weighted by Crippen LogP contribution is 2.23. The molecule has 0 aliphatic carbocycles. The van der Waals surface area contributed by atoms with Crippen LogP contribution < -0.4 is 10.1 Å². The predicted octanol–water partition coefficient (Wildman–Crippen LogP) is 2.55. The molecule has 0 amide bonds. The van der Waals surface area contributed by atoms with Crippen molar-refractivity contribution in [2.45, 2.75) is 19.9 Å². The van der Waals surface area contributed by atoms with Crippen LogP contribution in [0.2, 0.25) is 0 Å². The monoisotopic (exact) mass is 243 g/mol. The minimum absolute atomic E-state index is 0.588. The van der Waals surface area contributed by atoms with Gasteiger partial charge in [-0.25, -0.2) is 9.97 Å². The highest BCUT2D eigenvalue weighted by Gasteiger charge is 2.05. The highest BCUT2D eigenvalue weighted by atomic mass is 16.5. The Balaban J connectivity index is 2.22. The standard InChI is InChI=1S/C14H17N3O/c1-3-12-8-14(17-10-16-12)18-13-7-5-4-6-11(13)9-15-2/h4-8,10,15H,3,9H2,1-2H3. The van der Waals surface area contributed by atoms with Crippen molar-refractivity contribution >= 4 is 0 Å². The molecular formula is C14H17N3O. The van der Waals surface area contributed by atoms with Crippen molar-refractivity contribution in [3.05, 3.63) is 47.9 Å². The Kier molecular flexibility index (Phi) is 4.25. The summed E-state index contributed by atoms with van der Waals surface area (Å²) < 4.78 is 5.81. The lowest BCUT2D eigenvalue weighted by molar-refractivity contribution is 0.453. The summed E-state index contributed by atoms with van der Waals surface area (Å²) >= 11 is 0. The molecule has 0 aliphatic heterocycles. The van der Waals surface area contributed by atoms with E-state index < -0.39 is 0 Å². The molecule has 1 aromatic carbocycles. The summed E-state index contributed by atoms with van der Waals surface area (Å²) in [7, 11) is 1.91. The van der Waals surface area contributed by atoms with Gasteiger partial charge in [-0.05, 0) is 19.5 Å². The van der Waals surface area contributed by atoms with Gasteiger partial charge in [-0.2, -0.15) is 0 Å². The van der Waals surface area contributed by atoms with E-state index in [1.54, 1.807) is 0 Å². The first kappa shape index (κ1) is 12.5. The van der Waals surface area contributed by atoms with Crippen LogP contribution in [0.1, 0.15) is 18.2 Å². The van der Waals surface area contributed by atoms with Crippen LogP contribution in [-0.4, -0.2) is 17.0 Å². The van der Waals surface area contributed by atoms with Crippen LogP contribution in [0, 0.1) is 0 Å². The molecule has 0 unspecified atom stereocenters. The molecule has 0 aliphatic rings. The molecule has 1 aromatic heterocycles. The summed E-state index contributed by atoms with van der Waals surface area (Å²) in [6, 6.07) is 9.80. The highest BCUT2D eigenvalue weighted by molar-refractivity contribution is 5.36. The number of nitrogens with zero attached hydrogens (tertiary/aromatic N) is 2. The van der Waals surface area contributed by atoms with Crippen molar-refractivity contribution in [1.29, 1.82) is 0 Å². The normalized spacial score (nSPS) is 10.3. The quantitative estimate of drug-likeness (QED) is 0.876. The largest absolute Gasteiger partial charge is 0.439 e. The second-order valence-corrected chi connectivity index (χ2v) is 3.94. The van der Waals surface area contributed by atoms with Crippen molar-refractivity contribution in [3.8, 4) is 11.6 Å². The molecule has 4 heteroatoms. The summed E-state index contributed by atoms with van der Waals surface area (Å²) in [5.41, 5.74) is 2.09. The maximum Gasteiger partial charge on any atom is 0.222 e. The van der Waals surface area contributed by atoms with Crippen LogP contribution in [0.4, 0.5) is 0 Å². The van der Waals surface area contributed by atoms with Crippen LogP contribution in [-0.2, 0) is 13.0 Å². The first-order valence-corrected chi connectivity index (χ1v) is 6.04. The first-order valence-electron chi connectivity index (χ1n) is 6.04. The van der Waals surface area contributed by atoms with Gasteiger partial charge in [-0.3, -0.25) is 0 Å². The lowest BCUT2D eigenvalue weighted by Crippen LogP contribution is -2.06. The van der Waals surface area contributed by atoms with Gasteiger partial charge in [0.15, 0.2) is 0 Å². The number of rotatable bonds is 5. The lowest BCUT2D eigenvalue weighted by atomic mass is 10.2. The van der Waals surface area contributed by atoms with Gasteiger partial charge in [-0.1, -0.05) is 25.1 Å². The van der Waals surface area contributed by atoms with Crippen molar-refractivity contribution in [3.63, 3.8) is 0 Å². The van der Waals surface area contributed by atoms with E-state index in [1.165, 1.54) is 6.33 Å². The summed E-state index contributed by atoms with van der Waals surface area (Å²) in [5.74, 6) is 1.41. The molecule has 0 bridgehead atoms. The zero-order chi connectivity index (χ0) is 12.8. The molecule has 1 heterocycles. The van der Waals surface area contributed by atoms with E-state index in [9.17, 15) is 0 Å². The summed E-state index contributed by atoms with van der Waals surface area (Å²) in [5, 5.41) is 3.12. The average molecular weight is 243 g/mol. The van der Waals surface area contributed by atoms with Crippen molar-refractivity contribution < 1.29 is 4.74 Å². The van der Waals surface area contributed by atoms with Crippen LogP contribution in [0.3, 0.4) is 0 Å². The topological polar surface area (TPSA) is 47.0 Å². The van der Waals surface area contributed by atoms with Gasteiger partial charge < -0.3 is 10.1 Å². The fourth-order valence-electron chi connectivity index (χ4n) is 1.68. The molecule has 0 radical (unpaired) electrons. The molecule has 2 rings (SSSR count). The molecule has 4 nitrogen and oxygen atoms in total. The number of nitrogens with one attached hydrogen (secondary N) is 1. The van der Waals surface area contributed by atoms with Gasteiger partial charge in [0, 0.05) is 23.9 Å². The Morgan fingerprint density at radius 1 is 1.22 bits per heavy atom. The van der Waals surface area contributed by atoms with Crippen LogP contribution >= 0.6 is 0 Å². The van der Waals surface area contributed by atoms with Crippen molar-refractivity contribution in [2.75, 3.05) is 7.05 Å². The van der Waals surface area contributed by atoms with Gasteiger partial charge in [0.2, 0.25) is 5.88 Å². The SMILES string of the molecule is CCc1cc(Oc2ccccc2CNC)ncn1. The van der Waals surface area contributed by atoms with E-state index in [1.807, 2.05) is 37.4 Å². The number of benzene rings is 1. The molecule has 1 N–H and O–H groups in total. The number of aromatic nitrogens is 2. The molecule has 0 fully saturated rings. The fourth-order valence-corrected chi connectivity index (χ4v) is 1.68. The second-order valence-electron chi connectivity index (χ2n) is 3.94. The number of hydrogen-bond acceptors (Lipinski definition) is 4. The molecule has 0 atom stereocenters.